The predicted molar refractivity (Wildman–Crippen MR) is 92.6 cm³/mol. The molecule has 0 aromatic carbocycles. The van der Waals surface area contributed by atoms with Crippen molar-refractivity contribution in [3.63, 3.8) is 0 Å². The number of fused-ring (bicyclic) bond motifs is 2. The lowest BCUT2D eigenvalue weighted by molar-refractivity contribution is -0.157. The van der Waals surface area contributed by atoms with E-state index in [1.807, 2.05) is 0 Å². The molecule has 0 spiro atoms. The maximum Gasteiger partial charge on any atom is 0.326 e. The number of carbonyl (C=O) groups is 4. The molecule has 148 valence electrons. The SMILES string of the molecule is O=C(O)[C@@H]1CCCN1C(=O)[C@@H]1[C@@H]2CC[C@@H](C2)[C@H]1C(=O)N1CCC[C@H]1C(=O)O. The second-order valence-electron chi connectivity index (χ2n) is 8.44. The molecule has 2 bridgehead atoms. The van der Waals surface area contributed by atoms with E-state index in [1.165, 1.54) is 9.80 Å². The normalized spacial score (nSPS) is 37.8. The molecule has 2 amide bonds. The second kappa shape index (κ2) is 6.80. The van der Waals surface area contributed by atoms with Gasteiger partial charge in [-0.25, -0.2) is 9.59 Å². The molecule has 4 aliphatic rings. The summed E-state index contributed by atoms with van der Waals surface area (Å²) in [5, 5.41) is 18.8. The summed E-state index contributed by atoms with van der Waals surface area (Å²) in [4.78, 5) is 52.4. The van der Waals surface area contributed by atoms with Crippen molar-refractivity contribution in [3.05, 3.63) is 0 Å². The third kappa shape index (κ3) is 2.89. The van der Waals surface area contributed by atoms with Crippen molar-refractivity contribution >= 4 is 23.8 Å². The quantitative estimate of drug-likeness (QED) is 0.748. The minimum absolute atomic E-state index is 0.109. The monoisotopic (exact) mass is 378 g/mol. The van der Waals surface area contributed by atoms with Gasteiger partial charge in [-0.1, -0.05) is 0 Å². The zero-order chi connectivity index (χ0) is 19.3. The van der Waals surface area contributed by atoms with Crippen LogP contribution in [0.25, 0.3) is 0 Å². The van der Waals surface area contributed by atoms with Gasteiger partial charge in [-0.2, -0.15) is 0 Å². The van der Waals surface area contributed by atoms with Gasteiger partial charge in [0, 0.05) is 13.1 Å². The van der Waals surface area contributed by atoms with Crippen LogP contribution >= 0.6 is 0 Å². The topological polar surface area (TPSA) is 115 Å². The van der Waals surface area contributed by atoms with Crippen LogP contribution in [0.5, 0.6) is 0 Å². The zero-order valence-corrected chi connectivity index (χ0v) is 15.2. The third-order valence-electron chi connectivity index (χ3n) is 7.13. The maximum atomic E-state index is 13.3. The number of rotatable bonds is 4. The smallest absolute Gasteiger partial charge is 0.326 e. The van der Waals surface area contributed by atoms with Crippen molar-refractivity contribution in [2.75, 3.05) is 13.1 Å². The number of carboxylic acid groups (broad SMARTS) is 2. The first-order valence-electron chi connectivity index (χ1n) is 9.96. The highest BCUT2D eigenvalue weighted by atomic mass is 16.4. The highest BCUT2D eigenvalue weighted by Gasteiger charge is 2.57. The van der Waals surface area contributed by atoms with Crippen LogP contribution in [0.3, 0.4) is 0 Å². The Bertz CT molecular complexity index is 623. The molecule has 0 radical (unpaired) electrons. The van der Waals surface area contributed by atoms with E-state index in [2.05, 4.69) is 0 Å². The Morgan fingerprint density at radius 2 is 1.07 bits per heavy atom. The van der Waals surface area contributed by atoms with E-state index in [0.717, 1.165) is 19.3 Å². The van der Waals surface area contributed by atoms with E-state index in [-0.39, 0.29) is 23.7 Å². The zero-order valence-electron chi connectivity index (χ0n) is 15.2. The van der Waals surface area contributed by atoms with Crippen LogP contribution < -0.4 is 0 Å². The van der Waals surface area contributed by atoms with Gasteiger partial charge in [0.15, 0.2) is 0 Å². The molecule has 2 N–H and O–H groups in total. The van der Waals surface area contributed by atoms with Crippen LogP contribution in [-0.2, 0) is 19.2 Å². The fourth-order valence-electron chi connectivity index (χ4n) is 5.96. The van der Waals surface area contributed by atoms with E-state index >= 15 is 0 Å². The molecular weight excluding hydrogens is 352 g/mol. The summed E-state index contributed by atoms with van der Waals surface area (Å²) in [6, 6.07) is -1.60. The van der Waals surface area contributed by atoms with Gasteiger partial charge in [0.1, 0.15) is 12.1 Å². The highest BCUT2D eigenvalue weighted by Crippen LogP contribution is 2.54. The summed E-state index contributed by atoms with van der Waals surface area (Å²) < 4.78 is 0. The molecule has 27 heavy (non-hydrogen) atoms. The van der Waals surface area contributed by atoms with Crippen LogP contribution in [0.2, 0.25) is 0 Å². The van der Waals surface area contributed by atoms with Crippen LogP contribution in [0.4, 0.5) is 0 Å². The molecule has 0 unspecified atom stereocenters. The standard InChI is InChI=1S/C19H26N2O6/c22-16(20-7-1-3-12(20)18(24)25)14-10-5-6-11(9-10)15(14)17(23)21-8-2-4-13(21)19(26)27/h10-15H,1-9H2,(H,24,25)(H,26,27)/t10-,11+,12-,13-,14+,15+/m0/s1. The average molecular weight is 378 g/mol. The van der Waals surface area contributed by atoms with Gasteiger partial charge in [0.2, 0.25) is 11.8 Å². The maximum absolute atomic E-state index is 13.3. The summed E-state index contributed by atoms with van der Waals surface area (Å²) in [5.41, 5.74) is 0. The van der Waals surface area contributed by atoms with Crippen LogP contribution in [-0.4, -0.2) is 68.9 Å². The van der Waals surface area contributed by atoms with Crippen molar-refractivity contribution in [1.82, 2.24) is 9.80 Å². The van der Waals surface area contributed by atoms with Gasteiger partial charge in [0.25, 0.3) is 0 Å². The summed E-state index contributed by atoms with van der Waals surface area (Å²) in [6.45, 7) is 0.845. The fraction of sp³-hybridized carbons (Fsp3) is 0.789. The average Bonchev–Trinajstić information content (AvgIpc) is 3.42. The van der Waals surface area contributed by atoms with Crippen LogP contribution in [0.15, 0.2) is 0 Å². The largest absolute Gasteiger partial charge is 0.480 e. The molecule has 8 nitrogen and oxygen atoms in total. The molecule has 2 saturated heterocycles. The lowest BCUT2D eigenvalue weighted by Gasteiger charge is -2.36. The Hall–Kier alpha value is -2.12. The lowest BCUT2D eigenvalue weighted by atomic mass is 9.77. The Morgan fingerprint density at radius 1 is 0.667 bits per heavy atom. The molecule has 2 aliphatic heterocycles. The number of likely N-dealkylation sites (tertiary alicyclic amines) is 2. The molecule has 4 fully saturated rings. The van der Waals surface area contributed by atoms with Crippen molar-refractivity contribution in [2.24, 2.45) is 23.7 Å². The lowest BCUT2D eigenvalue weighted by Crippen LogP contribution is -2.51. The van der Waals surface area contributed by atoms with E-state index in [9.17, 15) is 29.4 Å². The Morgan fingerprint density at radius 3 is 1.44 bits per heavy atom. The first-order valence-corrected chi connectivity index (χ1v) is 9.96. The predicted octanol–water partition coefficient (Wildman–Crippen LogP) is 0.800. The Balaban J connectivity index is 1.58. The van der Waals surface area contributed by atoms with Crippen molar-refractivity contribution in [2.45, 2.75) is 57.0 Å². The van der Waals surface area contributed by atoms with Crippen molar-refractivity contribution < 1.29 is 29.4 Å². The number of carbonyl (C=O) groups excluding carboxylic acids is 2. The minimum atomic E-state index is -0.989. The number of amides is 2. The van der Waals surface area contributed by atoms with Crippen molar-refractivity contribution in [1.29, 1.82) is 0 Å². The van der Waals surface area contributed by atoms with E-state index in [0.29, 0.717) is 38.8 Å². The van der Waals surface area contributed by atoms with Gasteiger partial charge in [-0.15, -0.1) is 0 Å². The van der Waals surface area contributed by atoms with Crippen LogP contribution in [0, 0.1) is 23.7 Å². The van der Waals surface area contributed by atoms with E-state index in [1.54, 1.807) is 0 Å². The molecule has 6 atom stereocenters. The molecule has 0 aromatic heterocycles. The van der Waals surface area contributed by atoms with E-state index in [4.69, 9.17) is 0 Å². The molecular formula is C19H26N2O6. The summed E-state index contributed by atoms with van der Waals surface area (Å²) in [5.74, 6) is -3.17. The highest BCUT2D eigenvalue weighted by molar-refractivity contribution is 5.93. The molecule has 2 saturated carbocycles. The Kier molecular flexibility index (Phi) is 4.60. The van der Waals surface area contributed by atoms with Gasteiger partial charge < -0.3 is 20.0 Å². The van der Waals surface area contributed by atoms with E-state index < -0.39 is 35.9 Å². The fourth-order valence-corrected chi connectivity index (χ4v) is 5.96. The molecule has 8 heteroatoms. The molecule has 0 aromatic rings. The summed E-state index contributed by atoms with van der Waals surface area (Å²) in [7, 11) is 0. The number of hydrogen-bond acceptors (Lipinski definition) is 4. The molecule has 2 aliphatic carbocycles. The van der Waals surface area contributed by atoms with Gasteiger partial charge in [-0.05, 0) is 56.8 Å². The van der Waals surface area contributed by atoms with Crippen molar-refractivity contribution in [3.8, 4) is 0 Å². The van der Waals surface area contributed by atoms with Crippen LogP contribution in [0.1, 0.15) is 44.9 Å². The Labute approximate surface area is 157 Å². The number of carboxylic acids is 2. The number of hydrogen-bond donors (Lipinski definition) is 2. The van der Waals surface area contributed by atoms with Gasteiger partial charge >= 0.3 is 11.9 Å². The third-order valence-corrected chi connectivity index (χ3v) is 7.13. The first-order chi connectivity index (χ1) is 12.9. The number of nitrogens with zero attached hydrogens (tertiary/aromatic N) is 2. The minimum Gasteiger partial charge on any atom is -0.480 e. The van der Waals surface area contributed by atoms with Gasteiger partial charge in [0.05, 0.1) is 11.8 Å². The summed E-state index contributed by atoms with van der Waals surface area (Å²) >= 11 is 0. The number of aliphatic carboxylic acids is 2. The molecule has 2 heterocycles. The first kappa shape index (κ1) is 18.3. The van der Waals surface area contributed by atoms with Gasteiger partial charge in [-0.3, -0.25) is 9.59 Å². The second-order valence-corrected chi connectivity index (χ2v) is 8.44. The summed E-state index contributed by atoms with van der Waals surface area (Å²) in [6.07, 6.45) is 4.81. The molecule has 4 rings (SSSR count).